The summed E-state index contributed by atoms with van der Waals surface area (Å²) >= 11 is 0. The van der Waals surface area contributed by atoms with Crippen LogP contribution in [0.15, 0.2) is 54.6 Å². The number of nitrogens with one attached hydrogen (secondary N) is 1. The zero-order valence-corrected chi connectivity index (χ0v) is 20.2. The Hall–Kier alpha value is -2.82. The SMILES string of the molecule is CCCCNC(=O)[C@@H](C)N(CCc1ccccc1)C(=O)COc1ccccc1C(C)(C)C. The fraction of sp³-hybridized carbons (Fsp3) is 0.481. The van der Waals surface area contributed by atoms with Gasteiger partial charge in [-0.05, 0) is 42.4 Å². The number of para-hydroxylation sites is 1. The molecule has 0 spiro atoms. The molecule has 0 saturated carbocycles. The molecule has 0 radical (unpaired) electrons. The molecule has 0 aliphatic heterocycles. The van der Waals surface area contributed by atoms with Gasteiger partial charge in [0.25, 0.3) is 5.91 Å². The normalized spacial score (nSPS) is 12.2. The van der Waals surface area contributed by atoms with Crippen molar-refractivity contribution < 1.29 is 14.3 Å². The molecule has 0 aliphatic rings. The van der Waals surface area contributed by atoms with Crippen LogP contribution < -0.4 is 10.1 Å². The smallest absolute Gasteiger partial charge is 0.261 e. The monoisotopic (exact) mass is 438 g/mol. The lowest BCUT2D eigenvalue weighted by atomic mass is 9.86. The Morgan fingerprint density at radius 2 is 1.69 bits per heavy atom. The number of hydrogen-bond donors (Lipinski definition) is 1. The third-order valence-corrected chi connectivity index (χ3v) is 5.53. The van der Waals surface area contributed by atoms with E-state index >= 15 is 0 Å². The Morgan fingerprint density at radius 3 is 2.34 bits per heavy atom. The zero-order chi connectivity index (χ0) is 23.6. The van der Waals surface area contributed by atoms with Gasteiger partial charge in [0.05, 0.1) is 0 Å². The second-order valence-electron chi connectivity index (χ2n) is 9.18. The summed E-state index contributed by atoms with van der Waals surface area (Å²) < 4.78 is 5.96. The van der Waals surface area contributed by atoms with E-state index in [-0.39, 0.29) is 23.8 Å². The summed E-state index contributed by atoms with van der Waals surface area (Å²) in [6, 6.07) is 17.2. The van der Waals surface area contributed by atoms with Crippen LogP contribution in [0.2, 0.25) is 0 Å². The van der Waals surface area contributed by atoms with Crippen molar-refractivity contribution in [2.24, 2.45) is 0 Å². The van der Waals surface area contributed by atoms with Crippen molar-refractivity contribution in [2.75, 3.05) is 19.7 Å². The molecule has 0 fully saturated rings. The largest absolute Gasteiger partial charge is 0.483 e. The Balaban J connectivity index is 2.11. The van der Waals surface area contributed by atoms with Crippen LogP contribution in [0.3, 0.4) is 0 Å². The maximum Gasteiger partial charge on any atom is 0.261 e. The first kappa shape index (κ1) is 25.4. The molecule has 5 heteroatoms. The van der Waals surface area contributed by atoms with E-state index in [0.29, 0.717) is 25.3 Å². The third-order valence-electron chi connectivity index (χ3n) is 5.53. The van der Waals surface area contributed by atoms with E-state index in [4.69, 9.17) is 4.74 Å². The Bertz CT molecular complexity index is 859. The quantitative estimate of drug-likeness (QED) is 0.516. The molecule has 0 bridgehead atoms. The fourth-order valence-corrected chi connectivity index (χ4v) is 3.54. The molecule has 2 amide bonds. The van der Waals surface area contributed by atoms with Crippen molar-refractivity contribution in [3.05, 3.63) is 65.7 Å². The molecule has 0 saturated heterocycles. The molecule has 2 rings (SSSR count). The second-order valence-corrected chi connectivity index (χ2v) is 9.18. The van der Waals surface area contributed by atoms with Gasteiger partial charge in [-0.2, -0.15) is 0 Å². The van der Waals surface area contributed by atoms with Crippen LogP contribution in [-0.4, -0.2) is 42.5 Å². The van der Waals surface area contributed by atoms with Crippen molar-refractivity contribution in [3.8, 4) is 5.75 Å². The average Bonchev–Trinajstić information content (AvgIpc) is 2.78. The highest BCUT2D eigenvalue weighted by Crippen LogP contribution is 2.30. The molecule has 2 aromatic rings. The molecular weight excluding hydrogens is 400 g/mol. The maximum atomic E-state index is 13.2. The summed E-state index contributed by atoms with van der Waals surface area (Å²) in [5, 5.41) is 2.95. The molecule has 2 aromatic carbocycles. The predicted octanol–water partition coefficient (Wildman–Crippen LogP) is 4.74. The number of rotatable bonds is 11. The van der Waals surface area contributed by atoms with Crippen LogP contribution in [0, 0.1) is 0 Å². The van der Waals surface area contributed by atoms with Crippen LogP contribution in [-0.2, 0) is 21.4 Å². The van der Waals surface area contributed by atoms with Crippen molar-refractivity contribution >= 4 is 11.8 Å². The van der Waals surface area contributed by atoms with Gasteiger partial charge in [0.15, 0.2) is 6.61 Å². The lowest BCUT2D eigenvalue weighted by molar-refractivity contribution is -0.141. The topological polar surface area (TPSA) is 58.6 Å². The number of carbonyl (C=O) groups is 2. The number of nitrogens with zero attached hydrogens (tertiary/aromatic N) is 1. The third kappa shape index (κ3) is 7.70. The fourth-order valence-electron chi connectivity index (χ4n) is 3.54. The molecule has 0 unspecified atom stereocenters. The van der Waals surface area contributed by atoms with E-state index < -0.39 is 6.04 Å². The van der Waals surface area contributed by atoms with Crippen molar-refractivity contribution in [1.29, 1.82) is 0 Å². The van der Waals surface area contributed by atoms with E-state index in [0.717, 1.165) is 24.0 Å². The highest BCUT2D eigenvalue weighted by molar-refractivity contribution is 5.88. The van der Waals surface area contributed by atoms with Crippen LogP contribution in [0.1, 0.15) is 58.6 Å². The van der Waals surface area contributed by atoms with Gasteiger partial charge in [-0.25, -0.2) is 0 Å². The van der Waals surface area contributed by atoms with Gasteiger partial charge in [0.1, 0.15) is 11.8 Å². The summed E-state index contributed by atoms with van der Waals surface area (Å²) in [5.74, 6) is 0.383. The Morgan fingerprint density at radius 1 is 1.03 bits per heavy atom. The molecule has 0 aromatic heterocycles. The minimum Gasteiger partial charge on any atom is -0.483 e. The van der Waals surface area contributed by atoms with Crippen molar-refractivity contribution in [1.82, 2.24) is 10.2 Å². The lowest BCUT2D eigenvalue weighted by Crippen LogP contribution is -2.50. The van der Waals surface area contributed by atoms with Gasteiger partial charge >= 0.3 is 0 Å². The predicted molar refractivity (Wildman–Crippen MR) is 130 cm³/mol. The summed E-state index contributed by atoms with van der Waals surface area (Å²) in [6.07, 6.45) is 2.60. The average molecular weight is 439 g/mol. The van der Waals surface area contributed by atoms with E-state index in [9.17, 15) is 9.59 Å². The molecule has 32 heavy (non-hydrogen) atoms. The van der Waals surface area contributed by atoms with Gasteiger partial charge in [0, 0.05) is 13.1 Å². The molecule has 0 heterocycles. The highest BCUT2D eigenvalue weighted by atomic mass is 16.5. The molecular formula is C27H38N2O3. The molecule has 1 N–H and O–H groups in total. The summed E-state index contributed by atoms with van der Waals surface area (Å²) in [6.45, 7) is 11.2. The van der Waals surface area contributed by atoms with E-state index in [2.05, 4.69) is 33.0 Å². The van der Waals surface area contributed by atoms with Gasteiger partial charge in [-0.1, -0.05) is 82.6 Å². The maximum absolute atomic E-state index is 13.2. The van der Waals surface area contributed by atoms with E-state index in [1.807, 2.05) is 54.6 Å². The number of ether oxygens (including phenoxy) is 1. The summed E-state index contributed by atoms with van der Waals surface area (Å²) in [5.41, 5.74) is 2.08. The highest BCUT2D eigenvalue weighted by Gasteiger charge is 2.26. The van der Waals surface area contributed by atoms with Crippen LogP contribution in [0.25, 0.3) is 0 Å². The van der Waals surface area contributed by atoms with Gasteiger partial charge in [-0.3, -0.25) is 9.59 Å². The number of unbranched alkanes of at least 4 members (excludes halogenated alkanes) is 1. The Kier molecular flexibility index (Phi) is 9.76. The number of benzene rings is 2. The summed E-state index contributed by atoms with van der Waals surface area (Å²) in [4.78, 5) is 27.5. The molecule has 0 aliphatic carbocycles. The van der Waals surface area contributed by atoms with Gasteiger partial charge in [-0.15, -0.1) is 0 Å². The van der Waals surface area contributed by atoms with E-state index in [1.54, 1.807) is 11.8 Å². The van der Waals surface area contributed by atoms with Crippen LogP contribution in [0.4, 0.5) is 0 Å². The molecule has 1 atom stereocenters. The van der Waals surface area contributed by atoms with Crippen molar-refractivity contribution in [2.45, 2.75) is 65.3 Å². The standard InChI is InChI=1S/C27H38N2O3/c1-6-7-18-28-26(31)21(2)29(19-17-22-13-9-8-10-14-22)25(30)20-32-24-16-12-11-15-23(24)27(3,4)5/h8-16,21H,6-7,17-20H2,1-5H3,(H,28,31)/t21-/m1/s1. The van der Waals surface area contributed by atoms with Gasteiger partial charge in [0.2, 0.25) is 5.91 Å². The number of hydrogen-bond acceptors (Lipinski definition) is 3. The lowest BCUT2D eigenvalue weighted by Gasteiger charge is -2.29. The van der Waals surface area contributed by atoms with Crippen molar-refractivity contribution in [3.63, 3.8) is 0 Å². The minimum absolute atomic E-state index is 0.0981. The molecule has 174 valence electrons. The Labute approximate surface area is 193 Å². The zero-order valence-electron chi connectivity index (χ0n) is 20.2. The van der Waals surface area contributed by atoms with Crippen LogP contribution in [0.5, 0.6) is 5.75 Å². The molecule has 5 nitrogen and oxygen atoms in total. The number of carbonyl (C=O) groups excluding carboxylic acids is 2. The summed E-state index contributed by atoms with van der Waals surface area (Å²) in [7, 11) is 0. The number of amides is 2. The van der Waals surface area contributed by atoms with E-state index in [1.165, 1.54) is 0 Å². The van der Waals surface area contributed by atoms with Gasteiger partial charge < -0.3 is 15.0 Å². The minimum atomic E-state index is -0.565. The second kappa shape index (κ2) is 12.3. The van der Waals surface area contributed by atoms with Crippen LogP contribution >= 0.6 is 0 Å². The first-order valence-corrected chi connectivity index (χ1v) is 11.6. The first-order valence-electron chi connectivity index (χ1n) is 11.6. The first-order chi connectivity index (χ1) is 15.2.